The van der Waals surface area contributed by atoms with Crippen LogP contribution >= 0.6 is 0 Å². The lowest BCUT2D eigenvalue weighted by atomic mass is 9.93. The Kier molecular flexibility index (Phi) is 3.50. The molecule has 3 nitrogen and oxygen atoms in total. The molecule has 0 radical (unpaired) electrons. The third-order valence-corrected chi connectivity index (χ3v) is 5.08. The van der Waals surface area contributed by atoms with E-state index < -0.39 is 0 Å². The van der Waals surface area contributed by atoms with E-state index in [1.165, 1.54) is 51.4 Å². The molecule has 1 aromatic rings. The van der Waals surface area contributed by atoms with E-state index in [2.05, 4.69) is 13.8 Å². The standard InChI is InChI=1S/C16H27NO2/c1-3-7-16(9-10-16)8-6-12(2)17-14(11-18)15(19-17)13-4-5-13/h12-13,18H,3-11H2,1-2H3. The number of hydrogen-bond donors (Lipinski definition) is 1. The molecule has 0 aromatic carbocycles. The third kappa shape index (κ3) is 2.62. The summed E-state index contributed by atoms with van der Waals surface area (Å²) >= 11 is 0. The Morgan fingerprint density at radius 3 is 2.63 bits per heavy atom. The van der Waals surface area contributed by atoms with Crippen LogP contribution in [0.4, 0.5) is 0 Å². The Morgan fingerprint density at radius 1 is 1.37 bits per heavy atom. The first kappa shape index (κ1) is 13.3. The molecule has 3 heteroatoms. The highest BCUT2D eigenvalue weighted by molar-refractivity contribution is 5.19. The maximum atomic E-state index is 9.50. The van der Waals surface area contributed by atoms with Gasteiger partial charge in [0.15, 0.2) is 5.76 Å². The molecule has 0 spiro atoms. The molecule has 0 bridgehead atoms. The summed E-state index contributed by atoms with van der Waals surface area (Å²) in [7, 11) is 0. The highest BCUT2D eigenvalue weighted by Crippen LogP contribution is 2.54. The third-order valence-electron chi connectivity index (χ3n) is 5.08. The van der Waals surface area contributed by atoms with Crippen LogP contribution in [0.2, 0.25) is 0 Å². The van der Waals surface area contributed by atoms with Crippen molar-refractivity contribution in [2.45, 2.75) is 83.8 Å². The van der Waals surface area contributed by atoms with Gasteiger partial charge in [0.2, 0.25) is 0 Å². The molecule has 2 aliphatic rings. The molecular formula is C16H27NO2. The van der Waals surface area contributed by atoms with E-state index in [0.717, 1.165) is 11.5 Å². The van der Waals surface area contributed by atoms with Gasteiger partial charge in [0.05, 0.1) is 12.6 Å². The molecule has 1 heterocycles. The Labute approximate surface area is 115 Å². The highest BCUT2D eigenvalue weighted by atomic mass is 16.5. The van der Waals surface area contributed by atoms with E-state index in [-0.39, 0.29) is 6.61 Å². The van der Waals surface area contributed by atoms with E-state index in [4.69, 9.17) is 4.52 Å². The van der Waals surface area contributed by atoms with Crippen molar-refractivity contribution in [3.63, 3.8) is 0 Å². The van der Waals surface area contributed by atoms with Gasteiger partial charge in [-0.3, -0.25) is 0 Å². The van der Waals surface area contributed by atoms with Gasteiger partial charge in [-0.15, -0.1) is 0 Å². The van der Waals surface area contributed by atoms with Crippen LogP contribution in [0.5, 0.6) is 0 Å². The minimum absolute atomic E-state index is 0.135. The first-order valence-corrected chi connectivity index (χ1v) is 8.00. The summed E-state index contributed by atoms with van der Waals surface area (Å²) in [4.78, 5) is 0. The molecule has 2 saturated carbocycles. The van der Waals surface area contributed by atoms with E-state index in [0.29, 0.717) is 17.4 Å². The minimum atomic E-state index is 0.135. The van der Waals surface area contributed by atoms with Gasteiger partial charge in [-0.25, -0.2) is 4.74 Å². The lowest BCUT2D eigenvalue weighted by Crippen LogP contribution is -2.20. The van der Waals surface area contributed by atoms with Gasteiger partial charge in [-0.1, -0.05) is 13.3 Å². The molecule has 1 unspecified atom stereocenters. The zero-order valence-electron chi connectivity index (χ0n) is 12.3. The van der Waals surface area contributed by atoms with Gasteiger partial charge in [-0.05, 0) is 57.3 Å². The summed E-state index contributed by atoms with van der Waals surface area (Å²) in [5.74, 6) is 1.68. The van der Waals surface area contributed by atoms with Crippen molar-refractivity contribution in [3.05, 3.63) is 11.5 Å². The zero-order valence-corrected chi connectivity index (χ0v) is 12.3. The van der Waals surface area contributed by atoms with Gasteiger partial charge >= 0.3 is 0 Å². The first-order chi connectivity index (χ1) is 9.19. The van der Waals surface area contributed by atoms with E-state index >= 15 is 0 Å². The molecule has 108 valence electrons. The van der Waals surface area contributed by atoms with Crippen molar-refractivity contribution in [1.29, 1.82) is 0 Å². The second-order valence-electron chi connectivity index (χ2n) is 6.80. The SMILES string of the molecule is CCCC1(CCC(C)n2oc(C3CC3)c2CO)CC1. The predicted octanol–water partition coefficient (Wildman–Crippen LogP) is 4.37. The topological polar surface area (TPSA) is 38.3 Å². The zero-order chi connectivity index (χ0) is 13.5. The second kappa shape index (κ2) is 5.01. The Balaban J connectivity index is 1.55. The number of nitrogens with zero attached hydrogens (tertiary/aromatic N) is 1. The van der Waals surface area contributed by atoms with Crippen molar-refractivity contribution in [3.8, 4) is 0 Å². The van der Waals surface area contributed by atoms with Crippen LogP contribution in [0, 0.1) is 5.41 Å². The van der Waals surface area contributed by atoms with Crippen LogP contribution < -0.4 is 0 Å². The van der Waals surface area contributed by atoms with Crippen molar-refractivity contribution < 1.29 is 9.63 Å². The lowest BCUT2D eigenvalue weighted by molar-refractivity contribution is 0.102. The summed E-state index contributed by atoms with van der Waals surface area (Å²) in [5.41, 5.74) is 1.71. The summed E-state index contributed by atoms with van der Waals surface area (Å²) < 4.78 is 7.79. The summed E-state index contributed by atoms with van der Waals surface area (Å²) in [5, 5.41) is 9.50. The van der Waals surface area contributed by atoms with Crippen molar-refractivity contribution in [2.24, 2.45) is 5.41 Å². The van der Waals surface area contributed by atoms with Gasteiger partial charge < -0.3 is 9.63 Å². The first-order valence-electron chi connectivity index (χ1n) is 8.00. The predicted molar refractivity (Wildman–Crippen MR) is 75.1 cm³/mol. The van der Waals surface area contributed by atoms with Crippen LogP contribution in [0.25, 0.3) is 0 Å². The number of aromatic nitrogens is 1. The van der Waals surface area contributed by atoms with Crippen molar-refractivity contribution in [1.82, 2.24) is 4.74 Å². The van der Waals surface area contributed by atoms with Gasteiger partial charge in [-0.2, -0.15) is 0 Å². The number of rotatable bonds is 8. The summed E-state index contributed by atoms with van der Waals surface area (Å²) in [6.45, 7) is 4.65. The summed E-state index contributed by atoms with van der Waals surface area (Å²) in [6, 6.07) is 0.402. The summed E-state index contributed by atoms with van der Waals surface area (Å²) in [6.07, 6.45) is 10.5. The molecule has 19 heavy (non-hydrogen) atoms. The molecule has 3 rings (SSSR count). The monoisotopic (exact) mass is 265 g/mol. The molecule has 0 amide bonds. The van der Waals surface area contributed by atoms with Crippen LogP contribution in [0.1, 0.15) is 88.6 Å². The van der Waals surface area contributed by atoms with Gasteiger partial charge in [0, 0.05) is 5.92 Å². The van der Waals surface area contributed by atoms with Gasteiger partial charge in [0.25, 0.3) is 0 Å². The quantitative estimate of drug-likeness (QED) is 0.758. The van der Waals surface area contributed by atoms with Crippen LogP contribution in [0.3, 0.4) is 0 Å². The van der Waals surface area contributed by atoms with Crippen molar-refractivity contribution in [2.75, 3.05) is 0 Å². The molecule has 1 aromatic heterocycles. The Hall–Kier alpha value is -0.700. The van der Waals surface area contributed by atoms with E-state index in [1.807, 2.05) is 4.74 Å². The minimum Gasteiger partial charge on any atom is -0.390 e. The fourth-order valence-corrected chi connectivity index (χ4v) is 3.41. The molecule has 0 aliphatic heterocycles. The normalized spacial score (nSPS) is 22.7. The van der Waals surface area contributed by atoms with Gasteiger partial charge in [0.1, 0.15) is 5.69 Å². The number of aliphatic hydroxyl groups excluding tert-OH is 1. The molecular weight excluding hydrogens is 238 g/mol. The van der Waals surface area contributed by atoms with E-state index in [9.17, 15) is 5.11 Å². The molecule has 2 fully saturated rings. The van der Waals surface area contributed by atoms with Crippen LogP contribution in [-0.4, -0.2) is 9.85 Å². The Bertz CT molecular complexity index is 424. The average molecular weight is 265 g/mol. The van der Waals surface area contributed by atoms with Crippen LogP contribution in [-0.2, 0) is 6.61 Å². The van der Waals surface area contributed by atoms with Crippen LogP contribution in [0.15, 0.2) is 4.52 Å². The molecule has 1 atom stereocenters. The maximum Gasteiger partial charge on any atom is 0.160 e. The highest BCUT2D eigenvalue weighted by Gasteiger charge is 2.41. The molecule has 1 N–H and O–H groups in total. The van der Waals surface area contributed by atoms with E-state index in [1.54, 1.807) is 0 Å². The fourth-order valence-electron chi connectivity index (χ4n) is 3.41. The second-order valence-corrected chi connectivity index (χ2v) is 6.80. The van der Waals surface area contributed by atoms with Crippen molar-refractivity contribution >= 4 is 0 Å². The maximum absolute atomic E-state index is 9.50. The smallest absolute Gasteiger partial charge is 0.160 e. The number of aliphatic hydroxyl groups is 1. The molecule has 2 aliphatic carbocycles. The average Bonchev–Trinajstić information content (AvgIpc) is 3.23. The fraction of sp³-hybridized carbons (Fsp3) is 0.875. The lowest BCUT2D eigenvalue weighted by Gasteiger charge is -2.26. The Morgan fingerprint density at radius 2 is 2.11 bits per heavy atom. The largest absolute Gasteiger partial charge is 0.390 e. The molecule has 0 saturated heterocycles. The number of hydrogen-bond acceptors (Lipinski definition) is 2.